The molecule has 0 saturated heterocycles. The molecule has 28 heavy (non-hydrogen) atoms. The van der Waals surface area contributed by atoms with E-state index in [1.165, 1.54) is 12.1 Å². The van der Waals surface area contributed by atoms with Gasteiger partial charge in [0.05, 0.1) is 16.6 Å². The summed E-state index contributed by atoms with van der Waals surface area (Å²) in [5.41, 5.74) is 3.87. The molecule has 0 atom stereocenters. The highest BCUT2D eigenvalue weighted by Gasteiger charge is 2.11. The lowest BCUT2D eigenvalue weighted by Crippen LogP contribution is -2.13. The Morgan fingerprint density at radius 1 is 1.00 bits per heavy atom. The van der Waals surface area contributed by atoms with Crippen LogP contribution in [0.1, 0.15) is 21.7 Å². The first kappa shape index (κ1) is 17.9. The van der Waals surface area contributed by atoms with Crippen molar-refractivity contribution in [3.63, 3.8) is 0 Å². The van der Waals surface area contributed by atoms with Crippen LogP contribution in [0.2, 0.25) is 0 Å². The highest BCUT2D eigenvalue weighted by atomic mass is 19.1. The van der Waals surface area contributed by atoms with Gasteiger partial charge in [-0.15, -0.1) is 0 Å². The average Bonchev–Trinajstić information content (AvgIpc) is 3.03. The van der Waals surface area contributed by atoms with E-state index < -0.39 is 11.7 Å². The van der Waals surface area contributed by atoms with Crippen molar-refractivity contribution in [2.45, 2.75) is 12.8 Å². The number of carbonyl (C=O) groups excluding carboxylic acids is 1. The molecule has 0 radical (unpaired) electrons. The molecule has 140 valence electrons. The van der Waals surface area contributed by atoms with Crippen LogP contribution in [0.3, 0.4) is 0 Å². The second-order valence-corrected chi connectivity index (χ2v) is 6.71. The number of fused-ring (bicyclic) bond motifs is 1. The number of nitrogens with one attached hydrogen (secondary N) is 1. The number of benzene rings is 3. The molecule has 0 spiro atoms. The zero-order valence-electron chi connectivity index (χ0n) is 15.5. The summed E-state index contributed by atoms with van der Waals surface area (Å²) in [7, 11) is 2.02. The van der Waals surface area contributed by atoms with Crippen molar-refractivity contribution in [1.82, 2.24) is 9.55 Å². The minimum absolute atomic E-state index is 0.0348. The van der Waals surface area contributed by atoms with Gasteiger partial charge in [0.25, 0.3) is 5.91 Å². The second-order valence-electron chi connectivity index (χ2n) is 6.71. The number of nitrogens with zero attached hydrogens (tertiary/aromatic N) is 2. The number of hydrogen-bond donors (Lipinski definition) is 1. The Morgan fingerprint density at radius 2 is 1.79 bits per heavy atom. The topological polar surface area (TPSA) is 46.9 Å². The number of amides is 1. The highest BCUT2D eigenvalue weighted by Crippen LogP contribution is 2.18. The van der Waals surface area contributed by atoms with Gasteiger partial charge in [-0.2, -0.15) is 0 Å². The number of imidazole rings is 1. The van der Waals surface area contributed by atoms with Gasteiger partial charge in [-0.05, 0) is 48.4 Å². The first-order chi connectivity index (χ1) is 13.6. The number of hydrogen-bond acceptors (Lipinski definition) is 2. The Labute approximate surface area is 162 Å². The fraction of sp³-hybridized carbons (Fsp3) is 0.130. The van der Waals surface area contributed by atoms with E-state index in [1.54, 1.807) is 18.2 Å². The van der Waals surface area contributed by atoms with Crippen molar-refractivity contribution in [2.24, 2.45) is 7.05 Å². The Morgan fingerprint density at radius 3 is 2.61 bits per heavy atom. The molecule has 1 N–H and O–H groups in total. The molecule has 4 aromatic rings. The van der Waals surface area contributed by atoms with Crippen LogP contribution >= 0.6 is 0 Å². The SMILES string of the molecule is Cn1c(CCc2cccc(NC(=O)c3ccccc3F)c2)nc2ccccc21. The summed E-state index contributed by atoms with van der Waals surface area (Å²) >= 11 is 0. The molecular formula is C23H20FN3O. The number of aromatic nitrogens is 2. The first-order valence-corrected chi connectivity index (χ1v) is 9.17. The van der Waals surface area contributed by atoms with Gasteiger partial charge in [0.2, 0.25) is 0 Å². The normalized spacial score (nSPS) is 10.9. The van der Waals surface area contributed by atoms with Crippen molar-refractivity contribution in [2.75, 3.05) is 5.32 Å². The summed E-state index contributed by atoms with van der Waals surface area (Å²) in [6.45, 7) is 0. The summed E-state index contributed by atoms with van der Waals surface area (Å²) in [5, 5.41) is 2.77. The van der Waals surface area contributed by atoms with Gasteiger partial charge in [-0.1, -0.05) is 36.4 Å². The van der Waals surface area contributed by atoms with Crippen LogP contribution in [0.5, 0.6) is 0 Å². The van der Waals surface area contributed by atoms with E-state index >= 15 is 0 Å². The van der Waals surface area contributed by atoms with E-state index in [0.29, 0.717) is 5.69 Å². The lowest BCUT2D eigenvalue weighted by atomic mass is 10.1. The van der Waals surface area contributed by atoms with Crippen molar-refractivity contribution in [3.8, 4) is 0 Å². The number of anilines is 1. The number of carbonyl (C=O) groups is 1. The molecule has 0 aliphatic rings. The van der Waals surface area contributed by atoms with E-state index in [9.17, 15) is 9.18 Å². The molecule has 0 aliphatic carbocycles. The monoisotopic (exact) mass is 373 g/mol. The van der Waals surface area contributed by atoms with Crippen LogP contribution in [0, 0.1) is 5.82 Å². The summed E-state index contributed by atoms with van der Waals surface area (Å²) in [6, 6.07) is 21.7. The molecule has 0 aliphatic heterocycles. The second kappa shape index (κ2) is 7.64. The van der Waals surface area contributed by atoms with Gasteiger partial charge in [0.15, 0.2) is 0 Å². The zero-order chi connectivity index (χ0) is 19.5. The molecule has 4 nitrogen and oxygen atoms in total. The van der Waals surface area contributed by atoms with Crippen LogP contribution in [-0.2, 0) is 19.9 Å². The fourth-order valence-corrected chi connectivity index (χ4v) is 3.32. The largest absolute Gasteiger partial charge is 0.331 e. The van der Waals surface area contributed by atoms with Crippen molar-refractivity contribution < 1.29 is 9.18 Å². The minimum Gasteiger partial charge on any atom is -0.331 e. The van der Waals surface area contributed by atoms with Crippen LogP contribution < -0.4 is 5.32 Å². The van der Waals surface area contributed by atoms with Crippen LogP contribution in [-0.4, -0.2) is 15.5 Å². The summed E-state index contributed by atoms with van der Waals surface area (Å²) in [4.78, 5) is 17.0. The molecule has 3 aromatic carbocycles. The lowest BCUT2D eigenvalue weighted by molar-refractivity contribution is 0.102. The smallest absolute Gasteiger partial charge is 0.258 e. The molecular weight excluding hydrogens is 353 g/mol. The predicted molar refractivity (Wildman–Crippen MR) is 109 cm³/mol. The Kier molecular flexibility index (Phi) is 4.89. The average molecular weight is 373 g/mol. The van der Waals surface area contributed by atoms with Crippen molar-refractivity contribution in [3.05, 3.63) is 95.6 Å². The van der Waals surface area contributed by atoms with Crippen LogP contribution in [0.25, 0.3) is 11.0 Å². The highest BCUT2D eigenvalue weighted by molar-refractivity contribution is 6.04. The molecule has 0 unspecified atom stereocenters. The molecule has 1 heterocycles. The van der Waals surface area contributed by atoms with E-state index in [0.717, 1.165) is 35.3 Å². The maximum atomic E-state index is 13.8. The van der Waals surface area contributed by atoms with E-state index in [-0.39, 0.29) is 5.56 Å². The van der Waals surface area contributed by atoms with E-state index in [2.05, 4.69) is 16.0 Å². The molecule has 4 rings (SSSR count). The van der Waals surface area contributed by atoms with Crippen molar-refractivity contribution in [1.29, 1.82) is 0 Å². The standard InChI is InChI=1S/C23H20FN3O/c1-27-21-12-5-4-11-20(21)26-22(27)14-13-16-7-6-8-17(15-16)25-23(28)18-9-2-3-10-19(18)24/h2-12,15H,13-14H2,1H3,(H,25,28). The molecule has 0 saturated carbocycles. The molecule has 1 amide bonds. The van der Waals surface area contributed by atoms with Gasteiger partial charge in [0.1, 0.15) is 11.6 Å². The molecule has 0 fully saturated rings. The Bertz CT molecular complexity index is 1150. The number of halogens is 1. The first-order valence-electron chi connectivity index (χ1n) is 9.17. The van der Waals surface area contributed by atoms with Crippen LogP contribution in [0.15, 0.2) is 72.8 Å². The molecule has 1 aromatic heterocycles. The van der Waals surface area contributed by atoms with Gasteiger partial charge >= 0.3 is 0 Å². The number of rotatable bonds is 5. The quantitative estimate of drug-likeness (QED) is 0.549. The molecule has 5 heteroatoms. The third kappa shape index (κ3) is 3.64. The summed E-state index contributed by atoms with van der Waals surface area (Å²) in [6.07, 6.45) is 1.58. The van der Waals surface area contributed by atoms with Gasteiger partial charge in [-0.3, -0.25) is 4.79 Å². The number of aryl methyl sites for hydroxylation is 3. The number of para-hydroxylation sites is 2. The van der Waals surface area contributed by atoms with E-state index in [1.807, 2.05) is 43.4 Å². The zero-order valence-corrected chi connectivity index (χ0v) is 15.5. The Balaban J connectivity index is 1.47. The Hall–Kier alpha value is -3.47. The van der Waals surface area contributed by atoms with Gasteiger partial charge < -0.3 is 9.88 Å². The third-order valence-electron chi connectivity index (χ3n) is 4.82. The molecule has 0 bridgehead atoms. The predicted octanol–water partition coefficient (Wildman–Crippen LogP) is 4.75. The van der Waals surface area contributed by atoms with Crippen molar-refractivity contribution >= 4 is 22.6 Å². The fourth-order valence-electron chi connectivity index (χ4n) is 3.32. The van der Waals surface area contributed by atoms with Gasteiger partial charge in [-0.25, -0.2) is 9.37 Å². The minimum atomic E-state index is -0.530. The van der Waals surface area contributed by atoms with Gasteiger partial charge in [0, 0.05) is 19.2 Å². The van der Waals surface area contributed by atoms with Crippen LogP contribution in [0.4, 0.5) is 10.1 Å². The maximum Gasteiger partial charge on any atom is 0.258 e. The summed E-state index contributed by atoms with van der Waals surface area (Å²) < 4.78 is 15.9. The van der Waals surface area contributed by atoms with E-state index in [4.69, 9.17) is 4.98 Å². The lowest BCUT2D eigenvalue weighted by Gasteiger charge is -2.08. The third-order valence-corrected chi connectivity index (χ3v) is 4.82. The maximum absolute atomic E-state index is 13.8. The summed E-state index contributed by atoms with van der Waals surface area (Å²) in [5.74, 6) is 0.0330.